The fraction of sp³-hybridized carbons (Fsp3) is 0.412. The number of morpholine rings is 1. The highest BCUT2D eigenvalue weighted by atomic mass is 35.5. The molecule has 0 aliphatic carbocycles. The molecule has 1 aromatic heterocycles. The Balaban J connectivity index is 0.00000225. The molecule has 2 N–H and O–H groups in total. The summed E-state index contributed by atoms with van der Waals surface area (Å²) in [5.74, 6) is 0.790. The Labute approximate surface area is 157 Å². The lowest BCUT2D eigenvalue weighted by Gasteiger charge is -2.22. The molecular weight excluding hydrogens is 362 g/mol. The minimum absolute atomic E-state index is 0. The number of amides is 1. The van der Waals surface area contributed by atoms with Crippen molar-refractivity contribution in [1.82, 2.24) is 10.3 Å². The summed E-state index contributed by atoms with van der Waals surface area (Å²) in [7, 11) is 0. The van der Waals surface area contributed by atoms with Gasteiger partial charge >= 0.3 is 0 Å². The zero-order valence-electron chi connectivity index (χ0n) is 14.0. The minimum Gasteiger partial charge on any atom is -0.494 e. The van der Waals surface area contributed by atoms with Crippen molar-refractivity contribution in [3.05, 3.63) is 29.6 Å². The fourth-order valence-corrected chi connectivity index (χ4v) is 3.23. The van der Waals surface area contributed by atoms with Crippen molar-refractivity contribution in [2.75, 3.05) is 31.7 Å². The number of hydrogen-bond acceptors (Lipinski definition) is 6. The number of benzene rings is 1. The summed E-state index contributed by atoms with van der Waals surface area (Å²) in [6.07, 6.45) is 0.387. The molecule has 25 heavy (non-hydrogen) atoms. The summed E-state index contributed by atoms with van der Waals surface area (Å²) in [5, 5.41) is 8.68. The summed E-state index contributed by atoms with van der Waals surface area (Å²) in [6, 6.07) is 7.85. The third-order valence-electron chi connectivity index (χ3n) is 3.64. The van der Waals surface area contributed by atoms with E-state index in [1.54, 1.807) is 0 Å². The van der Waals surface area contributed by atoms with E-state index in [4.69, 9.17) is 9.47 Å². The van der Waals surface area contributed by atoms with Gasteiger partial charge in [0.1, 0.15) is 5.75 Å². The van der Waals surface area contributed by atoms with Gasteiger partial charge in [-0.25, -0.2) is 4.98 Å². The number of thiazole rings is 1. The molecule has 1 fully saturated rings. The Morgan fingerprint density at radius 3 is 2.92 bits per heavy atom. The second-order valence-corrected chi connectivity index (χ2v) is 6.33. The van der Waals surface area contributed by atoms with Gasteiger partial charge in [0.05, 0.1) is 25.5 Å². The van der Waals surface area contributed by atoms with Gasteiger partial charge in [0.25, 0.3) is 0 Å². The molecule has 1 aromatic carbocycles. The first-order chi connectivity index (χ1) is 11.7. The molecule has 1 unspecified atom stereocenters. The van der Waals surface area contributed by atoms with E-state index in [1.165, 1.54) is 11.3 Å². The summed E-state index contributed by atoms with van der Waals surface area (Å²) in [5.41, 5.74) is 1.84. The van der Waals surface area contributed by atoms with E-state index < -0.39 is 0 Å². The lowest BCUT2D eigenvalue weighted by Crippen LogP contribution is -2.43. The van der Waals surface area contributed by atoms with Gasteiger partial charge in [0.15, 0.2) is 5.13 Å². The van der Waals surface area contributed by atoms with E-state index in [1.807, 2.05) is 36.6 Å². The second-order valence-electron chi connectivity index (χ2n) is 5.47. The summed E-state index contributed by atoms with van der Waals surface area (Å²) in [4.78, 5) is 16.6. The molecule has 0 saturated carbocycles. The maximum atomic E-state index is 12.1. The first kappa shape index (κ1) is 19.7. The number of hydrogen-bond donors (Lipinski definition) is 2. The molecule has 0 spiro atoms. The number of halogens is 1. The zero-order chi connectivity index (χ0) is 16.8. The van der Waals surface area contributed by atoms with Gasteiger partial charge in [0, 0.05) is 30.0 Å². The van der Waals surface area contributed by atoms with Crippen LogP contribution in [0.3, 0.4) is 0 Å². The third-order valence-corrected chi connectivity index (χ3v) is 4.40. The highest BCUT2D eigenvalue weighted by Crippen LogP contribution is 2.26. The van der Waals surface area contributed by atoms with Gasteiger partial charge in [-0.05, 0) is 31.2 Å². The Morgan fingerprint density at radius 2 is 2.24 bits per heavy atom. The van der Waals surface area contributed by atoms with Crippen LogP contribution in [0.1, 0.15) is 13.3 Å². The molecule has 136 valence electrons. The number of rotatable bonds is 6. The number of anilines is 1. The molecule has 1 atom stereocenters. The quantitative estimate of drug-likeness (QED) is 0.802. The first-order valence-corrected chi connectivity index (χ1v) is 8.92. The average molecular weight is 384 g/mol. The molecule has 8 heteroatoms. The molecule has 3 rings (SSSR count). The Bertz CT molecular complexity index is 672. The van der Waals surface area contributed by atoms with Gasteiger partial charge in [-0.3, -0.25) is 4.79 Å². The van der Waals surface area contributed by atoms with Crippen molar-refractivity contribution in [3.8, 4) is 17.0 Å². The normalized spacial score (nSPS) is 16.8. The summed E-state index contributed by atoms with van der Waals surface area (Å²) in [6.45, 7) is 4.67. The van der Waals surface area contributed by atoms with Crippen molar-refractivity contribution in [1.29, 1.82) is 0 Å². The van der Waals surface area contributed by atoms with Crippen LogP contribution in [0.5, 0.6) is 5.75 Å². The van der Waals surface area contributed by atoms with Crippen molar-refractivity contribution in [3.63, 3.8) is 0 Å². The van der Waals surface area contributed by atoms with E-state index in [0.29, 0.717) is 31.4 Å². The van der Waals surface area contributed by atoms with Crippen LogP contribution in [0.4, 0.5) is 5.13 Å². The number of ether oxygens (including phenoxy) is 2. The van der Waals surface area contributed by atoms with E-state index in [2.05, 4.69) is 15.6 Å². The van der Waals surface area contributed by atoms with Gasteiger partial charge in [-0.15, -0.1) is 23.7 Å². The van der Waals surface area contributed by atoms with E-state index >= 15 is 0 Å². The Morgan fingerprint density at radius 1 is 1.44 bits per heavy atom. The van der Waals surface area contributed by atoms with Gasteiger partial charge in [-0.1, -0.05) is 0 Å². The standard InChI is InChI=1S/C17H21N3O3S.ClH/c1-2-23-14-5-3-12(4-6-14)15-11-24-17(19-15)20-16(21)9-13-10-22-8-7-18-13;/h3-6,11,13,18H,2,7-10H2,1H3,(H,19,20,21);1H. The minimum atomic E-state index is -0.0504. The van der Waals surface area contributed by atoms with Crippen molar-refractivity contribution in [2.24, 2.45) is 0 Å². The van der Waals surface area contributed by atoms with Gasteiger partial charge < -0.3 is 20.1 Å². The maximum absolute atomic E-state index is 12.1. The summed E-state index contributed by atoms with van der Waals surface area (Å²) >= 11 is 1.42. The molecule has 2 aromatic rings. The van der Waals surface area contributed by atoms with Crippen LogP contribution < -0.4 is 15.4 Å². The van der Waals surface area contributed by atoms with Crippen LogP contribution in [0, 0.1) is 0 Å². The highest BCUT2D eigenvalue weighted by molar-refractivity contribution is 7.14. The SMILES string of the molecule is CCOc1ccc(-c2csc(NC(=O)CC3COCCN3)n2)cc1.Cl. The number of carbonyl (C=O) groups is 1. The lowest BCUT2D eigenvalue weighted by molar-refractivity contribution is -0.117. The number of aromatic nitrogens is 1. The average Bonchev–Trinajstić information content (AvgIpc) is 3.05. The molecule has 6 nitrogen and oxygen atoms in total. The van der Waals surface area contributed by atoms with Crippen molar-refractivity contribution < 1.29 is 14.3 Å². The third kappa shape index (κ3) is 5.67. The molecule has 0 bridgehead atoms. The summed E-state index contributed by atoms with van der Waals surface area (Å²) < 4.78 is 10.8. The molecule has 0 radical (unpaired) electrons. The topological polar surface area (TPSA) is 72.5 Å². The molecule has 2 heterocycles. The monoisotopic (exact) mass is 383 g/mol. The van der Waals surface area contributed by atoms with E-state index in [0.717, 1.165) is 23.6 Å². The van der Waals surface area contributed by atoms with Crippen LogP contribution in [-0.4, -0.2) is 43.3 Å². The van der Waals surface area contributed by atoms with Crippen LogP contribution in [0.15, 0.2) is 29.6 Å². The smallest absolute Gasteiger partial charge is 0.227 e. The van der Waals surface area contributed by atoms with Crippen molar-refractivity contribution >= 4 is 34.8 Å². The zero-order valence-corrected chi connectivity index (χ0v) is 15.6. The largest absolute Gasteiger partial charge is 0.494 e. The fourth-order valence-electron chi connectivity index (χ4n) is 2.50. The highest BCUT2D eigenvalue weighted by Gasteiger charge is 2.17. The maximum Gasteiger partial charge on any atom is 0.227 e. The number of nitrogens with zero attached hydrogens (tertiary/aromatic N) is 1. The van der Waals surface area contributed by atoms with Crippen LogP contribution in [0.2, 0.25) is 0 Å². The lowest BCUT2D eigenvalue weighted by atomic mass is 10.2. The number of carbonyl (C=O) groups excluding carboxylic acids is 1. The van der Waals surface area contributed by atoms with Crippen LogP contribution >= 0.6 is 23.7 Å². The molecule has 1 aliphatic heterocycles. The van der Waals surface area contributed by atoms with E-state index in [9.17, 15) is 4.79 Å². The molecule has 1 saturated heterocycles. The van der Waals surface area contributed by atoms with Crippen LogP contribution in [0.25, 0.3) is 11.3 Å². The van der Waals surface area contributed by atoms with Crippen molar-refractivity contribution in [2.45, 2.75) is 19.4 Å². The molecule has 1 amide bonds. The van der Waals surface area contributed by atoms with Gasteiger partial charge in [0.2, 0.25) is 5.91 Å². The van der Waals surface area contributed by atoms with Gasteiger partial charge in [-0.2, -0.15) is 0 Å². The first-order valence-electron chi connectivity index (χ1n) is 8.04. The molecule has 1 aliphatic rings. The Hall–Kier alpha value is -1.67. The predicted octanol–water partition coefficient (Wildman–Crippen LogP) is 2.95. The second kappa shape index (κ2) is 9.72. The Kier molecular flexibility index (Phi) is 7.64. The number of nitrogens with one attached hydrogen (secondary N) is 2. The predicted molar refractivity (Wildman–Crippen MR) is 102 cm³/mol. The molecular formula is C17H22ClN3O3S. The van der Waals surface area contributed by atoms with E-state index in [-0.39, 0.29) is 24.4 Å². The van der Waals surface area contributed by atoms with Crippen LogP contribution in [-0.2, 0) is 9.53 Å².